The molecule has 0 aliphatic rings. The van der Waals surface area contributed by atoms with Crippen LogP contribution < -0.4 is 5.32 Å². The van der Waals surface area contributed by atoms with Crippen LogP contribution in [-0.2, 0) is 27.4 Å². The lowest BCUT2D eigenvalue weighted by atomic mass is 10.2. The van der Waals surface area contributed by atoms with Crippen LogP contribution in [0.25, 0.3) is 0 Å². The van der Waals surface area contributed by atoms with Crippen molar-refractivity contribution in [1.29, 1.82) is 0 Å². The third-order valence-electron chi connectivity index (χ3n) is 3.38. The number of nitrogens with zero attached hydrogens (tertiary/aromatic N) is 2. The first-order valence-electron chi connectivity index (χ1n) is 8.42. The molecule has 0 saturated heterocycles. The molecule has 0 bridgehead atoms. The number of ether oxygens (including phenoxy) is 3. The fourth-order valence-electron chi connectivity index (χ4n) is 2.14. The van der Waals surface area contributed by atoms with Crippen molar-refractivity contribution in [3.8, 4) is 0 Å². The van der Waals surface area contributed by atoms with Gasteiger partial charge < -0.3 is 19.5 Å². The first-order chi connectivity index (χ1) is 12.7. The van der Waals surface area contributed by atoms with Gasteiger partial charge in [0.05, 0.1) is 26.4 Å². The Morgan fingerprint density at radius 2 is 1.92 bits per heavy atom. The van der Waals surface area contributed by atoms with E-state index in [1.165, 1.54) is 10.9 Å². The molecule has 1 aromatic carbocycles. The highest BCUT2D eigenvalue weighted by Crippen LogP contribution is 2.02. The van der Waals surface area contributed by atoms with Crippen LogP contribution >= 0.6 is 0 Å². The third kappa shape index (κ3) is 6.56. The van der Waals surface area contributed by atoms with E-state index >= 15 is 0 Å². The maximum Gasteiger partial charge on any atom is 0.407 e. The van der Waals surface area contributed by atoms with Crippen molar-refractivity contribution in [3.63, 3.8) is 0 Å². The van der Waals surface area contributed by atoms with Gasteiger partial charge in [-0.2, -0.15) is 5.10 Å². The summed E-state index contributed by atoms with van der Waals surface area (Å²) >= 11 is 0. The minimum Gasteiger partial charge on any atom is -0.461 e. The maximum absolute atomic E-state index is 11.7. The van der Waals surface area contributed by atoms with Gasteiger partial charge in [0.1, 0.15) is 12.3 Å². The molecule has 8 nitrogen and oxygen atoms in total. The van der Waals surface area contributed by atoms with Crippen molar-refractivity contribution < 1.29 is 23.8 Å². The zero-order valence-electron chi connectivity index (χ0n) is 14.7. The van der Waals surface area contributed by atoms with E-state index in [2.05, 4.69) is 10.4 Å². The van der Waals surface area contributed by atoms with Gasteiger partial charge in [0, 0.05) is 12.7 Å². The van der Waals surface area contributed by atoms with E-state index in [1.807, 2.05) is 30.3 Å². The smallest absolute Gasteiger partial charge is 0.407 e. The Morgan fingerprint density at radius 1 is 1.12 bits per heavy atom. The molecule has 0 fully saturated rings. The molecule has 1 aromatic heterocycles. The van der Waals surface area contributed by atoms with Gasteiger partial charge in [0.25, 0.3) is 0 Å². The molecule has 2 aromatic rings. The lowest BCUT2D eigenvalue weighted by molar-refractivity contribution is 0.0506. The molecule has 1 amide bonds. The molecule has 0 aliphatic heterocycles. The van der Waals surface area contributed by atoms with Crippen molar-refractivity contribution in [2.24, 2.45) is 0 Å². The summed E-state index contributed by atoms with van der Waals surface area (Å²) < 4.78 is 17.0. The fourth-order valence-corrected chi connectivity index (χ4v) is 2.14. The largest absolute Gasteiger partial charge is 0.461 e. The molecule has 0 radical (unpaired) electrons. The molecule has 0 aliphatic carbocycles. The van der Waals surface area contributed by atoms with Gasteiger partial charge in [0.15, 0.2) is 0 Å². The highest BCUT2D eigenvalue weighted by Gasteiger charge is 2.12. The topological polar surface area (TPSA) is 91.7 Å². The van der Waals surface area contributed by atoms with E-state index in [9.17, 15) is 9.59 Å². The molecule has 0 spiro atoms. The summed E-state index contributed by atoms with van der Waals surface area (Å²) in [5.41, 5.74) is 1.31. The molecule has 0 atom stereocenters. The summed E-state index contributed by atoms with van der Waals surface area (Å²) in [6, 6.07) is 11.0. The Bertz CT molecular complexity index is 687. The van der Waals surface area contributed by atoms with Crippen LogP contribution in [0.3, 0.4) is 0 Å². The monoisotopic (exact) mass is 361 g/mol. The Balaban J connectivity index is 1.56. The number of carbonyl (C=O) groups excluding carboxylic acids is 2. The number of benzene rings is 1. The predicted octanol–water partition coefficient (Wildman–Crippen LogP) is 2.00. The molecular formula is C18H23N3O5. The Kier molecular flexibility index (Phi) is 8.14. The number of carbonyl (C=O) groups is 2. The highest BCUT2D eigenvalue weighted by atomic mass is 16.5. The Hall–Kier alpha value is -2.87. The third-order valence-corrected chi connectivity index (χ3v) is 3.38. The minimum atomic E-state index is -0.492. The van der Waals surface area contributed by atoms with E-state index in [0.29, 0.717) is 38.6 Å². The van der Waals surface area contributed by atoms with Crippen molar-refractivity contribution in [1.82, 2.24) is 15.1 Å². The molecule has 0 unspecified atom stereocenters. The van der Waals surface area contributed by atoms with Gasteiger partial charge in [0.2, 0.25) is 0 Å². The number of nitrogens with one attached hydrogen (secondary N) is 1. The van der Waals surface area contributed by atoms with Gasteiger partial charge in [-0.25, -0.2) is 9.59 Å². The molecule has 2 rings (SSSR count). The van der Waals surface area contributed by atoms with Crippen LogP contribution in [0.2, 0.25) is 0 Å². The van der Waals surface area contributed by atoms with Crippen molar-refractivity contribution in [2.45, 2.75) is 20.1 Å². The molecule has 0 saturated carbocycles. The van der Waals surface area contributed by atoms with E-state index in [1.54, 1.807) is 13.0 Å². The number of rotatable bonds is 10. The summed E-state index contributed by atoms with van der Waals surface area (Å²) in [6.45, 7) is 3.72. The Labute approximate surface area is 152 Å². The average Bonchev–Trinajstić information content (AvgIpc) is 3.12. The second-order valence-electron chi connectivity index (χ2n) is 5.26. The number of hydrogen-bond donors (Lipinski definition) is 1. The number of amides is 1. The highest BCUT2D eigenvalue weighted by molar-refractivity contribution is 5.87. The van der Waals surface area contributed by atoms with Gasteiger partial charge in [-0.05, 0) is 18.6 Å². The van der Waals surface area contributed by atoms with Crippen LogP contribution in [0.15, 0.2) is 42.6 Å². The number of esters is 1. The average molecular weight is 361 g/mol. The molecular weight excluding hydrogens is 338 g/mol. The number of aromatic nitrogens is 2. The standard InChI is InChI=1S/C18H23N3O5/c1-2-25-17(22)16-8-9-20-21(16)11-13-24-12-10-19-18(23)26-14-15-6-4-3-5-7-15/h3-9H,2,10-14H2,1H3,(H,19,23). The van der Waals surface area contributed by atoms with E-state index in [0.717, 1.165) is 5.56 Å². The van der Waals surface area contributed by atoms with Gasteiger partial charge in [-0.1, -0.05) is 30.3 Å². The minimum absolute atomic E-state index is 0.226. The zero-order valence-corrected chi connectivity index (χ0v) is 14.7. The van der Waals surface area contributed by atoms with E-state index in [-0.39, 0.29) is 6.61 Å². The summed E-state index contributed by atoms with van der Waals surface area (Å²) in [4.78, 5) is 23.3. The first-order valence-corrected chi connectivity index (χ1v) is 8.42. The van der Waals surface area contributed by atoms with Crippen molar-refractivity contribution in [2.75, 3.05) is 26.4 Å². The SMILES string of the molecule is CCOC(=O)c1ccnn1CCOCCNC(=O)OCc1ccccc1. The lowest BCUT2D eigenvalue weighted by Gasteiger charge is -2.09. The summed E-state index contributed by atoms with van der Waals surface area (Å²) in [7, 11) is 0. The second kappa shape index (κ2) is 10.9. The van der Waals surface area contributed by atoms with Crippen LogP contribution in [0, 0.1) is 0 Å². The first kappa shape index (κ1) is 19.5. The van der Waals surface area contributed by atoms with Gasteiger partial charge in [-0.15, -0.1) is 0 Å². The normalized spacial score (nSPS) is 10.3. The second-order valence-corrected chi connectivity index (χ2v) is 5.26. The summed E-state index contributed by atoms with van der Waals surface area (Å²) in [5.74, 6) is -0.409. The van der Waals surface area contributed by atoms with Crippen LogP contribution in [-0.4, -0.2) is 48.2 Å². The zero-order chi connectivity index (χ0) is 18.6. The van der Waals surface area contributed by atoms with E-state index < -0.39 is 12.1 Å². The molecule has 140 valence electrons. The summed E-state index contributed by atoms with van der Waals surface area (Å²) in [5, 5.41) is 6.68. The van der Waals surface area contributed by atoms with E-state index in [4.69, 9.17) is 14.2 Å². The van der Waals surface area contributed by atoms with Crippen LogP contribution in [0.1, 0.15) is 23.0 Å². The molecule has 1 heterocycles. The van der Waals surface area contributed by atoms with Gasteiger partial charge >= 0.3 is 12.1 Å². The van der Waals surface area contributed by atoms with Gasteiger partial charge in [-0.3, -0.25) is 4.68 Å². The fraction of sp³-hybridized carbons (Fsp3) is 0.389. The quantitative estimate of drug-likeness (QED) is 0.514. The van der Waals surface area contributed by atoms with Crippen LogP contribution in [0.5, 0.6) is 0 Å². The Morgan fingerprint density at radius 3 is 2.69 bits per heavy atom. The molecule has 8 heteroatoms. The van der Waals surface area contributed by atoms with Crippen molar-refractivity contribution in [3.05, 3.63) is 53.9 Å². The van der Waals surface area contributed by atoms with Crippen molar-refractivity contribution >= 4 is 12.1 Å². The number of hydrogen-bond acceptors (Lipinski definition) is 6. The lowest BCUT2D eigenvalue weighted by Crippen LogP contribution is -2.28. The summed E-state index contributed by atoms with van der Waals surface area (Å²) in [6.07, 6.45) is 1.05. The molecule has 26 heavy (non-hydrogen) atoms. The number of alkyl carbamates (subject to hydrolysis) is 1. The maximum atomic E-state index is 11.7. The predicted molar refractivity (Wildman–Crippen MR) is 93.6 cm³/mol. The molecule has 1 N–H and O–H groups in total. The van der Waals surface area contributed by atoms with Crippen LogP contribution in [0.4, 0.5) is 4.79 Å².